The average molecular weight is 400 g/mol. The molecule has 10 nitrogen and oxygen atoms in total. The number of hydrogen-bond donors (Lipinski definition) is 3. The first-order chi connectivity index (χ1) is 14.1. The van der Waals surface area contributed by atoms with Gasteiger partial charge < -0.3 is 25.3 Å². The Hall–Kier alpha value is -3.43. The zero-order chi connectivity index (χ0) is 20.5. The Kier molecular flexibility index (Phi) is 7.15. The van der Waals surface area contributed by atoms with Gasteiger partial charge in [0.15, 0.2) is 11.4 Å². The van der Waals surface area contributed by atoms with E-state index in [-0.39, 0.29) is 30.0 Å². The molecule has 2 aromatic heterocycles. The van der Waals surface area contributed by atoms with Crippen molar-refractivity contribution in [2.45, 2.75) is 19.3 Å². The highest BCUT2D eigenvalue weighted by molar-refractivity contribution is 5.95. The first kappa shape index (κ1) is 20.3. The first-order valence-electron chi connectivity index (χ1n) is 9.55. The number of hydrogen-bond acceptors (Lipinski definition) is 6. The highest BCUT2D eigenvalue weighted by Crippen LogP contribution is 2.15. The number of imidazole rings is 1. The summed E-state index contributed by atoms with van der Waals surface area (Å²) >= 11 is 0. The van der Waals surface area contributed by atoms with Gasteiger partial charge in [-0.1, -0.05) is 0 Å². The van der Waals surface area contributed by atoms with Gasteiger partial charge in [0.25, 0.3) is 11.8 Å². The highest BCUT2D eigenvalue weighted by atomic mass is 16.5. The summed E-state index contributed by atoms with van der Waals surface area (Å²) in [4.78, 5) is 49.5. The third kappa shape index (κ3) is 5.77. The molecule has 3 heterocycles. The normalized spacial score (nSPS) is 16.9. The average Bonchev–Trinajstić information content (AvgIpc) is 3.27. The number of rotatable bonds is 1. The van der Waals surface area contributed by atoms with Crippen LogP contribution in [0.1, 0.15) is 40.2 Å². The number of nitrogens with zero attached hydrogens (tertiary/aromatic N) is 3. The minimum atomic E-state index is -0.344. The molecule has 0 fully saturated rings. The van der Waals surface area contributed by atoms with Crippen LogP contribution in [0.3, 0.4) is 0 Å². The number of H-pyrrole nitrogens is 1. The quantitative estimate of drug-likeness (QED) is 0.634. The van der Waals surface area contributed by atoms with E-state index in [2.05, 4.69) is 25.6 Å². The molecule has 0 bridgehead atoms. The Morgan fingerprint density at radius 1 is 1.14 bits per heavy atom. The van der Waals surface area contributed by atoms with E-state index in [0.29, 0.717) is 56.9 Å². The summed E-state index contributed by atoms with van der Waals surface area (Å²) in [7, 11) is 0. The Bertz CT molecular complexity index is 839. The van der Waals surface area contributed by atoms with Crippen molar-refractivity contribution in [1.29, 1.82) is 0 Å². The number of carbonyl (C=O) groups is 3. The summed E-state index contributed by atoms with van der Waals surface area (Å²) < 4.78 is 5.60. The standard InChI is InChI=1S/C19H24N6O4/c26-16-5-2-9-25(19(28)14-12-20-13-24-14)10-3-7-23-18(27)17-15(4-1-6-22-17)29-11-8-21-16/h1,4,6,12-13H,2-3,5,7-11H2,(H,20,24)(H,21,26)(H,23,27). The second-order valence-corrected chi connectivity index (χ2v) is 6.52. The number of aromatic amines is 1. The van der Waals surface area contributed by atoms with Gasteiger partial charge in [-0.3, -0.25) is 14.4 Å². The molecule has 10 heteroatoms. The largest absolute Gasteiger partial charge is 0.489 e. The number of aromatic nitrogens is 3. The molecule has 3 amide bonds. The molecule has 29 heavy (non-hydrogen) atoms. The Balaban J connectivity index is 1.68. The summed E-state index contributed by atoms with van der Waals surface area (Å²) in [5.74, 6) is -0.278. The van der Waals surface area contributed by atoms with Crippen LogP contribution in [-0.2, 0) is 4.79 Å². The molecule has 1 aliphatic rings. The number of carbonyl (C=O) groups excluding carboxylic acids is 3. The van der Waals surface area contributed by atoms with Gasteiger partial charge in [-0.25, -0.2) is 9.97 Å². The van der Waals surface area contributed by atoms with Gasteiger partial charge in [-0.15, -0.1) is 0 Å². The van der Waals surface area contributed by atoms with Crippen LogP contribution in [0.25, 0.3) is 0 Å². The van der Waals surface area contributed by atoms with Crippen molar-refractivity contribution in [3.8, 4) is 5.75 Å². The van der Waals surface area contributed by atoms with Crippen LogP contribution in [-0.4, -0.2) is 70.4 Å². The minimum Gasteiger partial charge on any atom is -0.489 e. The van der Waals surface area contributed by atoms with Crippen molar-refractivity contribution in [1.82, 2.24) is 30.5 Å². The van der Waals surface area contributed by atoms with E-state index in [0.717, 1.165) is 0 Å². The predicted octanol–water partition coefficient (Wildman–Crippen LogP) is 0.356. The second kappa shape index (κ2) is 10.2. The molecule has 0 saturated carbocycles. The lowest BCUT2D eigenvalue weighted by molar-refractivity contribution is -0.121. The lowest BCUT2D eigenvalue weighted by Gasteiger charge is -2.22. The minimum absolute atomic E-state index is 0.112. The van der Waals surface area contributed by atoms with Crippen molar-refractivity contribution in [3.05, 3.63) is 42.2 Å². The Labute approximate surface area is 168 Å². The maximum Gasteiger partial charge on any atom is 0.273 e. The summed E-state index contributed by atoms with van der Waals surface area (Å²) in [6, 6.07) is 3.35. The van der Waals surface area contributed by atoms with Crippen molar-refractivity contribution in [2.75, 3.05) is 32.8 Å². The van der Waals surface area contributed by atoms with Crippen molar-refractivity contribution < 1.29 is 19.1 Å². The van der Waals surface area contributed by atoms with E-state index in [9.17, 15) is 14.4 Å². The number of ether oxygens (including phenoxy) is 1. The molecule has 1 aliphatic heterocycles. The van der Waals surface area contributed by atoms with Crippen molar-refractivity contribution in [2.24, 2.45) is 0 Å². The molecule has 0 atom stereocenters. The van der Waals surface area contributed by atoms with E-state index < -0.39 is 0 Å². The maximum atomic E-state index is 12.7. The zero-order valence-corrected chi connectivity index (χ0v) is 16.0. The second-order valence-electron chi connectivity index (χ2n) is 6.52. The topological polar surface area (TPSA) is 129 Å². The molecule has 0 saturated heterocycles. The van der Waals surface area contributed by atoms with Crippen molar-refractivity contribution >= 4 is 17.7 Å². The molecule has 0 spiro atoms. The third-order valence-corrected chi connectivity index (χ3v) is 4.41. The van der Waals surface area contributed by atoms with E-state index in [1.165, 1.54) is 18.7 Å². The smallest absolute Gasteiger partial charge is 0.273 e. The van der Waals surface area contributed by atoms with Crippen LogP contribution < -0.4 is 15.4 Å². The summed E-state index contributed by atoms with van der Waals surface area (Å²) in [5, 5.41) is 5.59. The van der Waals surface area contributed by atoms with Crippen molar-refractivity contribution in [3.63, 3.8) is 0 Å². The lowest BCUT2D eigenvalue weighted by atomic mass is 10.2. The molecular weight excluding hydrogens is 376 g/mol. The SMILES string of the molecule is O=C1CCCN(C(=O)c2cnc[nH]2)CCCNC(=O)c2ncccc2OCCN1. The Morgan fingerprint density at radius 2 is 2.00 bits per heavy atom. The monoisotopic (exact) mass is 400 g/mol. The highest BCUT2D eigenvalue weighted by Gasteiger charge is 2.18. The summed E-state index contributed by atoms with van der Waals surface area (Å²) in [5.41, 5.74) is 0.583. The number of pyridine rings is 1. The van der Waals surface area contributed by atoms with Gasteiger partial charge in [-0.05, 0) is 25.0 Å². The van der Waals surface area contributed by atoms with Gasteiger partial charge in [0.1, 0.15) is 12.3 Å². The third-order valence-electron chi connectivity index (χ3n) is 4.41. The Morgan fingerprint density at radius 3 is 2.83 bits per heavy atom. The van der Waals surface area contributed by atoms with E-state index in [1.807, 2.05) is 0 Å². The molecule has 154 valence electrons. The maximum absolute atomic E-state index is 12.7. The number of amides is 3. The van der Waals surface area contributed by atoms with Crippen LogP contribution in [0.5, 0.6) is 5.75 Å². The van der Waals surface area contributed by atoms with Crippen LogP contribution >= 0.6 is 0 Å². The lowest BCUT2D eigenvalue weighted by Crippen LogP contribution is -2.36. The first-order valence-corrected chi connectivity index (χ1v) is 9.55. The fraction of sp³-hybridized carbons (Fsp3) is 0.421. The van der Waals surface area contributed by atoms with Crippen LogP contribution in [0.4, 0.5) is 0 Å². The van der Waals surface area contributed by atoms with Gasteiger partial charge >= 0.3 is 0 Å². The number of fused-ring (bicyclic) bond motifs is 1. The van der Waals surface area contributed by atoms with E-state index in [1.54, 1.807) is 17.0 Å². The van der Waals surface area contributed by atoms with Gasteiger partial charge in [0, 0.05) is 32.3 Å². The van der Waals surface area contributed by atoms with E-state index in [4.69, 9.17) is 4.74 Å². The molecule has 2 aromatic rings. The van der Waals surface area contributed by atoms with Crippen LogP contribution in [0.2, 0.25) is 0 Å². The molecule has 3 rings (SSSR count). The molecule has 0 radical (unpaired) electrons. The van der Waals surface area contributed by atoms with Gasteiger partial charge in [0.05, 0.1) is 19.1 Å². The summed E-state index contributed by atoms with van der Waals surface area (Å²) in [6.07, 6.45) is 5.84. The number of nitrogens with one attached hydrogen (secondary N) is 3. The predicted molar refractivity (Wildman–Crippen MR) is 103 cm³/mol. The molecular formula is C19H24N6O4. The molecule has 0 unspecified atom stereocenters. The van der Waals surface area contributed by atoms with Gasteiger partial charge in [0.2, 0.25) is 5.91 Å². The summed E-state index contributed by atoms with van der Waals surface area (Å²) in [6.45, 7) is 1.78. The molecule has 3 N–H and O–H groups in total. The van der Waals surface area contributed by atoms with Crippen LogP contribution in [0, 0.1) is 0 Å². The zero-order valence-electron chi connectivity index (χ0n) is 16.0. The van der Waals surface area contributed by atoms with Crippen LogP contribution in [0.15, 0.2) is 30.9 Å². The molecule has 0 aromatic carbocycles. The van der Waals surface area contributed by atoms with E-state index >= 15 is 0 Å². The molecule has 0 aliphatic carbocycles. The fourth-order valence-electron chi connectivity index (χ4n) is 2.96. The fourth-order valence-corrected chi connectivity index (χ4v) is 2.96. The van der Waals surface area contributed by atoms with Gasteiger partial charge in [-0.2, -0.15) is 0 Å².